The van der Waals surface area contributed by atoms with Gasteiger partial charge >= 0.3 is 5.97 Å². The zero-order chi connectivity index (χ0) is 29.1. The maximum absolute atomic E-state index is 13.8. The second-order valence-electron chi connectivity index (χ2n) is 8.58. The quantitative estimate of drug-likeness (QED) is 0.176. The van der Waals surface area contributed by atoms with E-state index in [0.717, 1.165) is 11.3 Å². The molecule has 0 saturated carbocycles. The number of hydrogen-bond acceptors (Lipinski definition) is 10. The summed E-state index contributed by atoms with van der Waals surface area (Å²) in [7, 11) is 0. The third-order valence-corrected chi connectivity index (χ3v) is 7.05. The van der Waals surface area contributed by atoms with Gasteiger partial charge in [0.05, 0.1) is 38.3 Å². The zero-order valence-electron chi connectivity index (χ0n) is 21.6. The molecule has 3 aromatic rings. The number of nitrogens with zero attached hydrogens (tertiary/aromatic N) is 4. The molecule has 0 bridgehead atoms. The van der Waals surface area contributed by atoms with Crippen LogP contribution in [-0.4, -0.2) is 33.6 Å². The van der Waals surface area contributed by atoms with Crippen molar-refractivity contribution in [2.45, 2.75) is 26.8 Å². The molecule has 0 amide bonds. The number of terminal acetylenes is 1. The highest BCUT2D eigenvalue weighted by molar-refractivity contribution is 7.07. The van der Waals surface area contributed by atoms with Crippen LogP contribution in [0.25, 0.3) is 6.08 Å². The second-order valence-corrected chi connectivity index (χ2v) is 9.59. The summed E-state index contributed by atoms with van der Waals surface area (Å²) in [6.45, 7) is 4.76. The van der Waals surface area contributed by atoms with Crippen molar-refractivity contribution in [2.75, 3.05) is 13.2 Å². The molecule has 204 valence electrons. The summed E-state index contributed by atoms with van der Waals surface area (Å²) in [4.78, 5) is 53.5. The molecule has 0 radical (unpaired) electrons. The first-order valence-corrected chi connectivity index (χ1v) is 12.7. The van der Waals surface area contributed by atoms with Gasteiger partial charge in [-0.2, -0.15) is 0 Å². The summed E-state index contributed by atoms with van der Waals surface area (Å²) in [6.07, 6.45) is 6.70. The van der Waals surface area contributed by atoms with Crippen LogP contribution in [0.3, 0.4) is 0 Å². The Kier molecular flexibility index (Phi) is 7.92. The average Bonchev–Trinajstić information content (AvgIpc) is 3.21. The van der Waals surface area contributed by atoms with E-state index in [-0.39, 0.29) is 56.5 Å². The SMILES string of the molecule is C#CCOc1ccc([N+](=O)[O-])cc1/C=c1/sc2n(c1=O)[C@H](c1ccc(C)c([N+](=O)[O-])c1)C(C(=O)OCC)=C(C)N=2. The molecular formula is C27H22N4O8S. The fraction of sp³-hybridized carbons (Fsp3) is 0.222. The Balaban J connectivity index is 2.00. The Hall–Kier alpha value is -5.09. The van der Waals surface area contributed by atoms with Crippen molar-refractivity contribution >= 4 is 34.8 Å². The van der Waals surface area contributed by atoms with Gasteiger partial charge in [-0.25, -0.2) is 9.79 Å². The number of thiazole rings is 1. The summed E-state index contributed by atoms with van der Waals surface area (Å²) in [5.41, 5.74) is 0.335. The second kappa shape index (κ2) is 11.3. The lowest BCUT2D eigenvalue weighted by Gasteiger charge is -2.24. The highest BCUT2D eigenvalue weighted by atomic mass is 32.1. The number of aromatic nitrogens is 1. The van der Waals surface area contributed by atoms with E-state index in [4.69, 9.17) is 15.9 Å². The minimum atomic E-state index is -1.07. The summed E-state index contributed by atoms with van der Waals surface area (Å²) in [5, 5.41) is 23.1. The predicted molar refractivity (Wildman–Crippen MR) is 146 cm³/mol. The van der Waals surface area contributed by atoms with Crippen LogP contribution in [0.4, 0.5) is 11.4 Å². The fourth-order valence-electron chi connectivity index (χ4n) is 4.25. The first-order valence-electron chi connectivity index (χ1n) is 11.9. The number of esters is 1. The van der Waals surface area contributed by atoms with Crippen molar-refractivity contribution in [3.63, 3.8) is 0 Å². The first-order chi connectivity index (χ1) is 19.1. The molecule has 1 aliphatic heterocycles. The van der Waals surface area contributed by atoms with Crippen LogP contribution < -0.4 is 19.6 Å². The lowest BCUT2D eigenvalue weighted by atomic mass is 9.94. The number of carbonyl (C=O) groups excluding carboxylic acids is 1. The van der Waals surface area contributed by atoms with Crippen LogP contribution in [-0.2, 0) is 9.53 Å². The van der Waals surface area contributed by atoms with Gasteiger partial charge in [-0.05, 0) is 38.5 Å². The standard InChI is InChI=1S/C27H22N4O8S/c1-5-11-39-21-10-9-19(30(34)35)12-18(21)14-22-25(32)29-24(17-8-7-15(3)20(13-17)31(36)37)23(26(33)38-6-2)16(4)28-27(29)40-22/h1,7-10,12-14,24H,6,11H2,2-4H3/b22-14+/t24-/m1/s1. The molecule has 12 nitrogen and oxygen atoms in total. The van der Waals surface area contributed by atoms with Crippen molar-refractivity contribution in [2.24, 2.45) is 4.99 Å². The normalized spacial score (nSPS) is 14.7. The minimum Gasteiger partial charge on any atom is -0.480 e. The Morgan fingerprint density at radius 1 is 1.20 bits per heavy atom. The van der Waals surface area contributed by atoms with Crippen molar-refractivity contribution in [1.29, 1.82) is 0 Å². The van der Waals surface area contributed by atoms with E-state index in [1.165, 1.54) is 34.9 Å². The molecule has 40 heavy (non-hydrogen) atoms. The third kappa shape index (κ3) is 5.25. The van der Waals surface area contributed by atoms with Gasteiger partial charge in [-0.3, -0.25) is 29.6 Å². The molecule has 2 heterocycles. The Morgan fingerprint density at radius 2 is 1.95 bits per heavy atom. The van der Waals surface area contributed by atoms with Gasteiger partial charge < -0.3 is 9.47 Å². The van der Waals surface area contributed by atoms with E-state index >= 15 is 0 Å². The lowest BCUT2D eigenvalue weighted by Crippen LogP contribution is -2.40. The average molecular weight is 563 g/mol. The van der Waals surface area contributed by atoms with Gasteiger partial charge in [-0.15, -0.1) is 6.42 Å². The number of hydrogen-bond donors (Lipinski definition) is 0. The number of ether oxygens (including phenoxy) is 2. The number of fused-ring (bicyclic) bond motifs is 1. The number of nitro benzene ring substituents is 2. The number of carbonyl (C=O) groups is 1. The van der Waals surface area contributed by atoms with Crippen molar-refractivity contribution in [1.82, 2.24) is 4.57 Å². The van der Waals surface area contributed by atoms with E-state index in [9.17, 15) is 29.8 Å². The van der Waals surface area contributed by atoms with Crippen LogP contribution in [0, 0.1) is 39.5 Å². The molecule has 4 rings (SSSR count). The van der Waals surface area contributed by atoms with Gasteiger partial charge in [0.15, 0.2) is 4.80 Å². The summed E-state index contributed by atoms with van der Waals surface area (Å²) in [5.74, 6) is 1.83. The highest BCUT2D eigenvalue weighted by Gasteiger charge is 2.34. The number of non-ortho nitro benzene ring substituents is 1. The van der Waals surface area contributed by atoms with E-state index in [0.29, 0.717) is 11.1 Å². The van der Waals surface area contributed by atoms with E-state index in [1.807, 2.05) is 0 Å². The van der Waals surface area contributed by atoms with Crippen molar-refractivity contribution < 1.29 is 24.1 Å². The Bertz CT molecular complexity index is 1810. The zero-order valence-corrected chi connectivity index (χ0v) is 22.4. The molecule has 0 fully saturated rings. The van der Waals surface area contributed by atoms with Crippen LogP contribution in [0.2, 0.25) is 0 Å². The Labute approximate surface area is 230 Å². The highest BCUT2D eigenvalue weighted by Crippen LogP contribution is 2.33. The molecule has 0 aliphatic carbocycles. The topological polar surface area (TPSA) is 156 Å². The van der Waals surface area contributed by atoms with E-state index < -0.39 is 27.4 Å². The maximum Gasteiger partial charge on any atom is 0.338 e. The molecule has 1 aromatic heterocycles. The molecule has 0 N–H and O–H groups in total. The van der Waals surface area contributed by atoms with E-state index in [1.54, 1.807) is 32.9 Å². The monoisotopic (exact) mass is 562 g/mol. The lowest BCUT2D eigenvalue weighted by molar-refractivity contribution is -0.385. The van der Waals surface area contributed by atoms with Crippen LogP contribution in [0.5, 0.6) is 5.75 Å². The molecule has 0 unspecified atom stereocenters. The summed E-state index contributed by atoms with van der Waals surface area (Å²) >= 11 is 0.989. The predicted octanol–water partition coefficient (Wildman–Crippen LogP) is 2.94. The maximum atomic E-state index is 13.8. The van der Waals surface area contributed by atoms with Gasteiger partial charge in [0.2, 0.25) is 0 Å². The van der Waals surface area contributed by atoms with Gasteiger partial charge in [0.25, 0.3) is 16.9 Å². The van der Waals surface area contributed by atoms with Crippen molar-refractivity contribution in [3.8, 4) is 18.1 Å². The molecular weight excluding hydrogens is 540 g/mol. The number of nitro groups is 2. The largest absolute Gasteiger partial charge is 0.480 e. The molecule has 1 aliphatic rings. The molecule has 0 saturated heterocycles. The number of allylic oxidation sites excluding steroid dienone is 1. The van der Waals surface area contributed by atoms with Crippen molar-refractivity contribution in [3.05, 3.63) is 104 Å². The first kappa shape index (κ1) is 27.9. The molecule has 2 aromatic carbocycles. The van der Waals surface area contributed by atoms with Gasteiger partial charge in [-0.1, -0.05) is 29.4 Å². The molecule has 1 atom stereocenters. The number of rotatable bonds is 8. The van der Waals surface area contributed by atoms with Gasteiger partial charge in [0, 0.05) is 29.3 Å². The van der Waals surface area contributed by atoms with Crippen LogP contribution in [0.15, 0.2) is 57.5 Å². The summed E-state index contributed by atoms with van der Waals surface area (Å²) in [6, 6.07) is 7.29. The number of benzene rings is 2. The minimum absolute atomic E-state index is 0.0624. The van der Waals surface area contributed by atoms with E-state index in [2.05, 4.69) is 10.9 Å². The van der Waals surface area contributed by atoms with Crippen LogP contribution in [0.1, 0.15) is 36.6 Å². The third-order valence-electron chi connectivity index (χ3n) is 6.06. The van der Waals surface area contributed by atoms with Crippen LogP contribution >= 0.6 is 11.3 Å². The molecule has 13 heteroatoms. The van der Waals surface area contributed by atoms with Gasteiger partial charge in [0.1, 0.15) is 12.4 Å². The number of aryl methyl sites for hydroxylation is 1. The summed E-state index contributed by atoms with van der Waals surface area (Å²) < 4.78 is 12.2. The molecule has 0 spiro atoms. The fourth-order valence-corrected chi connectivity index (χ4v) is 5.29. The Morgan fingerprint density at radius 3 is 2.60 bits per heavy atom. The smallest absolute Gasteiger partial charge is 0.338 e.